The number of rotatable bonds is 2. The third-order valence-electron chi connectivity index (χ3n) is 13.2. The van der Waals surface area contributed by atoms with E-state index in [-0.39, 0.29) is 28.6 Å². The Balaban J connectivity index is 1.65. The molecule has 5 N–H and O–H groups in total. The van der Waals surface area contributed by atoms with E-state index in [9.17, 15) is 35.1 Å². The summed E-state index contributed by atoms with van der Waals surface area (Å²) in [5.41, 5.74) is -2.74. The average molecular weight is 519 g/mol. The number of carboxylic acids is 2. The van der Waals surface area contributed by atoms with Gasteiger partial charge in [0.25, 0.3) is 0 Å². The van der Waals surface area contributed by atoms with Gasteiger partial charge in [-0.05, 0) is 97.7 Å². The van der Waals surface area contributed by atoms with Gasteiger partial charge < -0.3 is 25.5 Å². The molecule has 7 heteroatoms. The second-order valence-corrected chi connectivity index (χ2v) is 15.1. The van der Waals surface area contributed by atoms with Gasteiger partial charge in [-0.25, -0.2) is 0 Å². The Bertz CT molecular complexity index is 1050. The minimum atomic E-state index is -1.45. The van der Waals surface area contributed by atoms with E-state index in [2.05, 4.69) is 40.7 Å². The van der Waals surface area contributed by atoms with E-state index >= 15 is 0 Å². The number of aliphatic hydroxyl groups excluding tert-OH is 3. The van der Waals surface area contributed by atoms with Crippen molar-refractivity contribution in [2.45, 2.75) is 111 Å². The molecule has 4 saturated carbocycles. The van der Waals surface area contributed by atoms with Crippen LogP contribution >= 0.6 is 0 Å². The van der Waals surface area contributed by atoms with Crippen LogP contribution in [-0.2, 0) is 9.59 Å². The Hall–Kier alpha value is -1.44. The molecule has 11 atom stereocenters. The van der Waals surface area contributed by atoms with Crippen LogP contribution in [0.3, 0.4) is 0 Å². The van der Waals surface area contributed by atoms with Gasteiger partial charge in [-0.2, -0.15) is 0 Å². The van der Waals surface area contributed by atoms with Gasteiger partial charge in [0.1, 0.15) is 5.41 Å². The lowest BCUT2D eigenvalue weighted by molar-refractivity contribution is -0.244. The minimum Gasteiger partial charge on any atom is -0.481 e. The molecule has 0 heterocycles. The van der Waals surface area contributed by atoms with Crippen molar-refractivity contribution in [2.75, 3.05) is 0 Å². The van der Waals surface area contributed by atoms with Crippen LogP contribution in [0.1, 0.15) is 92.9 Å². The van der Waals surface area contributed by atoms with Gasteiger partial charge in [0, 0.05) is 0 Å². The topological polar surface area (TPSA) is 135 Å². The molecule has 5 aliphatic carbocycles. The molecule has 0 aliphatic heterocycles. The summed E-state index contributed by atoms with van der Waals surface area (Å²) in [5.74, 6) is -2.47. The Labute approximate surface area is 220 Å². The molecular weight excluding hydrogens is 472 g/mol. The number of hydrogen-bond donors (Lipinski definition) is 5. The average Bonchev–Trinajstić information content (AvgIpc) is 2.77. The predicted molar refractivity (Wildman–Crippen MR) is 137 cm³/mol. The molecule has 0 spiro atoms. The van der Waals surface area contributed by atoms with E-state index in [4.69, 9.17) is 0 Å². The highest BCUT2D eigenvalue weighted by atomic mass is 16.4. The van der Waals surface area contributed by atoms with Gasteiger partial charge in [-0.1, -0.05) is 46.3 Å². The zero-order chi connectivity index (χ0) is 27.6. The minimum absolute atomic E-state index is 0.0171. The lowest BCUT2D eigenvalue weighted by atomic mass is 9.33. The second kappa shape index (κ2) is 7.82. The maximum atomic E-state index is 12.8. The molecule has 208 valence electrons. The van der Waals surface area contributed by atoms with Crippen LogP contribution in [-0.4, -0.2) is 55.8 Å². The standard InChI is InChI=1S/C30H46O7/c1-25(2)11-12-30(24(36)37)17(13-25)16-7-8-19-26(3)14-18(31)22(33)29(6,23(34)35)20(26)9-10-27(19,4)28(16,5)15-21(30)32/h7,17-22,31-33H,8-15H2,1-6H3,(H,34,35)(H,36,37)/t17-,18+,19-,20?,21-,22+,26-,27-,28-,29+,30-/m1/s1. The Kier molecular flexibility index (Phi) is 5.73. The third kappa shape index (κ3) is 3.11. The molecule has 4 fully saturated rings. The Morgan fingerprint density at radius 3 is 2.08 bits per heavy atom. The van der Waals surface area contributed by atoms with Crippen molar-refractivity contribution < 1.29 is 35.1 Å². The van der Waals surface area contributed by atoms with Crippen molar-refractivity contribution in [3.8, 4) is 0 Å². The first kappa shape index (κ1) is 27.1. The van der Waals surface area contributed by atoms with Crippen molar-refractivity contribution in [2.24, 2.45) is 50.2 Å². The van der Waals surface area contributed by atoms with Crippen LogP contribution in [0, 0.1) is 50.2 Å². The van der Waals surface area contributed by atoms with Gasteiger partial charge >= 0.3 is 11.9 Å². The summed E-state index contributed by atoms with van der Waals surface area (Å²) in [6.45, 7) is 12.5. The molecule has 0 aromatic carbocycles. The summed E-state index contributed by atoms with van der Waals surface area (Å²) in [6.07, 6.45) is 3.53. The lowest BCUT2D eigenvalue weighted by Crippen LogP contribution is -2.70. The van der Waals surface area contributed by atoms with Crippen molar-refractivity contribution in [1.29, 1.82) is 0 Å². The van der Waals surface area contributed by atoms with Gasteiger partial charge in [0.2, 0.25) is 0 Å². The fourth-order valence-electron chi connectivity index (χ4n) is 10.8. The van der Waals surface area contributed by atoms with Crippen LogP contribution in [0.15, 0.2) is 11.6 Å². The molecule has 0 saturated heterocycles. The van der Waals surface area contributed by atoms with E-state index in [0.29, 0.717) is 32.1 Å². The number of hydrogen-bond acceptors (Lipinski definition) is 5. The number of fused-ring (bicyclic) bond motifs is 7. The predicted octanol–water partition coefficient (Wildman–Crippen LogP) is 4.24. The molecule has 5 aliphatic rings. The lowest BCUT2D eigenvalue weighted by Gasteiger charge is -2.71. The summed E-state index contributed by atoms with van der Waals surface area (Å²) in [7, 11) is 0. The highest BCUT2D eigenvalue weighted by Crippen LogP contribution is 2.75. The first-order valence-electron chi connectivity index (χ1n) is 14.1. The zero-order valence-corrected chi connectivity index (χ0v) is 23.3. The second-order valence-electron chi connectivity index (χ2n) is 15.1. The maximum absolute atomic E-state index is 12.8. The largest absolute Gasteiger partial charge is 0.481 e. The number of allylic oxidation sites excluding steroid dienone is 2. The number of carbonyl (C=O) groups is 2. The normalized spacial score (nSPS) is 54.6. The maximum Gasteiger partial charge on any atom is 0.312 e. The molecule has 5 rings (SSSR count). The smallest absolute Gasteiger partial charge is 0.312 e. The molecule has 0 radical (unpaired) electrons. The summed E-state index contributed by atoms with van der Waals surface area (Å²) >= 11 is 0. The first-order chi connectivity index (χ1) is 16.9. The molecule has 37 heavy (non-hydrogen) atoms. The van der Waals surface area contributed by atoms with Crippen molar-refractivity contribution in [3.63, 3.8) is 0 Å². The van der Waals surface area contributed by atoms with Crippen molar-refractivity contribution in [3.05, 3.63) is 11.6 Å². The van der Waals surface area contributed by atoms with E-state index in [1.54, 1.807) is 6.92 Å². The first-order valence-corrected chi connectivity index (χ1v) is 14.1. The van der Waals surface area contributed by atoms with Crippen molar-refractivity contribution in [1.82, 2.24) is 0 Å². The summed E-state index contributed by atoms with van der Waals surface area (Å²) in [6, 6.07) is 0. The van der Waals surface area contributed by atoms with Gasteiger partial charge in [-0.15, -0.1) is 0 Å². The molecule has 0 aromatic rings. The van der Waals surface area contributed by atoms with E-state index in [1.165, 1.54) is 5.57 Å². The van der Waals surface area contributed by atoms with E-state index in [1.807, 2.05) is 0 Å². The van der Waals surface area contributed by atoms with Gasteiger partial charge in [0.15, 0.2) is 0 Å². The number of aliphatic hydroxyl groups is 3. The summed E-state index contributed by atoms with van der Waals surface area (Å²) < 4.78 is 0. The van der Waals surface area contributed by atoms with Gasteiger partial charge in [-0.3, -0.25) is 9.59 Å². The molecule has 7 nitrogen and oxygen atoms in total. The summed E-state index contributed by atoms with van der Waals surface area (Å²) in [4.78, 5) is 25.4. The Morgan fingerprint density at radius 2 is 1.49 bits per heavy atom. The fourth-order valence-corrected chi connectivity index (χ4v) is 10.8. The SMILES string of the molecule is CC1(C)CC[C@]2(C(=O)O)[C@H](O)C[C@]3(C)C(=CC[C@@H]4[C@@]5(C)C[C@H](O)[C@H](O)[C@@](C)(C(=O)O)C5CC[C@]43C)[C@H]2C1. The molecule has 0 amide bonds. The monoisotopic (exact) mass is 518 g/mol. The Morgan fingerprint density at radius 1 is 0.838 bits per heavy atom. The highest BCUT2D eigenvalue weighted by Gasteiger charge is 2.73. The van der Waals surface area contributed by atoms with Crippen LogP contribution in [0.5, 0.6) is 0 Å². The molecule has 0 bridgehead atoms. The van der Waals surface area contributed by atoms with Crippen LogP contribution in [0.2, 0.25) is 0 Å². The number of aliphatic carboxylic acids is 2. The molecular formula is C30H46O7. The summed E-state index contributed by atoms with van der Waals surface area (Å²) in [5, 5.41) is 54.3. The van der Waals surface area contributed by atoms with Gasteiger partial charge in [0.05, 0.1) is 23.7 Å². The van der Waals surface area contributed by atoms with E-state index in [0.717, 1.165) is 19.3 Å². The zero-order valence-electron chi connectivity index (χ0n) is 23.3. The van der Waals surface area contributed by atoms with Crippen LogP contribution in [0.25, 0.3) is 0 Å². The molecule has 0 aromatic heterocycles. The number of carboxylic acid groups (broad SMARTS) is 2. The van der Waals surface area contributed by atoms with E-state index < -0.39 is 51.9 Å². The van der Waals surface area contributed by atoms with Crippen LogP contribution in [0.4, 0.5) is 0 Å². The highest BCUT2D eigenvalue weighted by molar-refractivity contribution is 5.78. The third-order valence-corrected chi connectivity index (χ3v) is 13.2. The van der Waals surface area contributed by atoms with Crippen molar-refractivity contribution >= 4 is 11.9 Å². The quantitative estimate of drug-likeness (QED) is 0.345. The molecule has 1 unspecified atom stereocenters. The van der Waals surface area contributed by atoms with Crippen LogP contribution < -0.4 is 0 Å². The fraction of sp³-hybridized carbons (Fsp3) is 0.867.